The Morgan fingerprint density at radius 2 is 1.85 bits per heavy atom. The summed E-state index contributed by atoms with van der Waals surface area (Å²) in [6.45, 7) is 7.57. The van der Waals surface area contributed by atoms with E-state index in [1.807, 2.05) is 13.8 Å². The van der Waals surface area contributed by atoms with E-state index in [0.29, 0.717) is 32.7 Å². The minimum atomic E-state index is -1.09. The number of nitrogens with zero attached hydrogens (tertiary/aromatic N) is 2. The Bertz CT molecular complexity index is 410. The van der Waals surface area contributed by atoms with Gasteiger partial charge in [0, 0.05) is 13.1 Å². The van der Waals surface area contributed by atoms with Crippen molar-refractivity contribution in [3.63, 3.8) is 0 Å². The van der Waals surface area contributed by atoms with Crippen molar-refractivity contribution in [1.29, 1.82) is 0 Å². The van der Waals surface area contributed by atoms with Crippen molar-refractivity contribution >= 4 is 12.0 Å². The molecule has 2 aliphatic heterocycles. The molecule has 0 saturated carbocycles. The molecule has 0 aliphatic carbocycles. The van der Waals surface area contributed by atoms with E-state index in [4.69, 9.17) is 4.74 Å². The standard InChI is InChI=1S/C14H24N2O4/c1-13(2)10-15(8-9-20-13)12(19)16-7-5-4-6-14(16,3)11(17)18/h4-10H2,1-3H3,(H,17,18). The number of carboxylic acids is 1. The highest BCUT2D eigenvalue weighted by molar-refractivity contribution is 5.86. The molecule has 0 radical (unpaired) electrons. The van der Waals surface area contributed by atoms with Gasteiger partial charge in [-0.05, 0) is 40.0 Å². The van der Waals surface area contributed by atoms with Gasteiger partial charge in [0.25, 0.3) is 0 Å². The average Bonchev–Trinajstić information content (AvgIpc) is 2.37. The fourth-order valence-corrected chi connectivity index (χ4v) is 3.00. The van der Waals surface area contributed by atoms with Crippen molar-refractivity contribution in [2.24, 2.45) is 0 Å². The van der Waals surface area contributed by atoms with Gasteiger partial charge in [0.2, 0.25) is 0 Å². The smallest absolute Gasteiger partial charge is 0.329 e. The number of piperidine rings is 1. The lowest BCUT2D eigenvalue weighted by atomic mass is 9.88. The maximum absolute atomic E-state index is 12.7. The van der Waals surface area contributed by atoms with Gasteiger partial charge in [-0.3, -0.25) is 0 Å². The summed E-state index contributed by atoms with van der Waals surface area (Å²) in [6, 6.07) is -0.175. The molecule has 0 aromatic heterocycles. The third-order valence-corrected chi connectivity index (χ3v) is 4.28. The van der Waals surface area contributed by atoms with Crippen LogP contribution >= 0.6 is 0 Å². The third kappa shape index (κ3) is 2.75. The van der Waals surface area contributed by atoms with Crippen molar-refractivity contribution in [2.75, 3.05) is 26.2 Å². The summed E-state index contributed by atoms with van der Waals surface area (Å²) in [5.74, 6) is -0.918. The van der Waals surface area contributed by atoms with Crippen LogP contribution in [0.25, 0.3) is 0 Å². The van der Waals surface area contributed by atoms with Crippen LogP contribution in [0.2, 0.25) is 0 Å². The van der Waals surface area contributed by atoms with Gasteiger partial charge in [0.05, 0.1) is 18.8 Å². The SMILES string of the molecule is CC1(C)CN(C(=O)N2CCCCC2(C)C(=O)O)CCO1. The molecule has 1 unspecified atom stereocenters. The molecule has 2 aliphatic rings. The van der Waals surface area contributed by atoms with Crippen molar-refractivity contribution in [2.45, 2.75) is 51.2 Å². The summed E-state index contributed by atoms with van der Waals surface area (Å²) in [6.07, 6.45) is 2.23. The zero-order chi connectivity index (χ0) is 15.0. The summed E-state index contributed by atoms with van der Waals surface area (Å²) in [4.78, 5) is 27.5. The molecule has 114 valence electrons. The van der Waals surface area contributed by atoms with Crippen LogP contribution in [0.15, 0.2) is 0 Å². The van der Waals surface area contributed by atoms with E-state index in [0.717, 1.165) is 12.8 Å². The highest BCUT2D eigenvalue weighted by Crippen LogP contribution is 2.30. The predicted octanol–water partition coefficient (Wildman–Crippen LogP) is 1.55. The molecule has 0 aromatic rings. The van der Waals surface area contributed by atoms with E-state index in [9.17, 15) is 14.7 Å². The van der Waals surface area contributed by atoms with E-state index < -0.39 is 11.5 Å². The molecular formula is C14H24N2O4. The van der Waals surface area contributed by atoms with Gasteiger partial charge in [0.1, 0.15) is 5.54 Å². The van der Waals surface area contributed by atoms with E-state index in [-0.39, 0.29) is 11.6 Å². The summed E-state index contributed by atoms with van der Waals surface area (Å²) in [5.41, 5.74) is -1.46. The van der Waals surface area contributed by atoms with Crippen LogP contribution in [-0.4, -0.2) is 64.3 Å². The normalized spacial score (nSPS) is 30.1. The van der Waals surface area contributed by atoms with E-state index in [1.54, 1.807) is 11.8 Å². The number of carbonyl (C=O) groups is 2. The van der Waals surface area contributed by atoms with E-state index in [1.165, 1.54) is 4.90 Å². The summed E-state index contributed by atoms with van der Waals surface area (Å²) in [5, 5.41) is 9.48. The van der Waals surface area contributed by atoms with Gasteiger partial charge in [-0.25, -0.2) is 9.59 Å². The second kappa shape index (κ2) is 5.24. The second-order valence-corrected chi connectivity index (χ2v) is 6.50. The van der Waals surface area contributed by atoms with Gasteiger partial charge in [-0.15, -0.1) is 0 Å². The molecule has 2 amide bonds. The van der Waals surface area contributed by atoms with Crippen molar-refractivity contribution in [3.05, 3.63) is 0 Å². The van der Waals surface area contributed by atoms with Crippen LogP contribution in [0.3, 0.4) is 0 Å². The number of carbonyl (C=O) groups excluding carboxylic acids is 1. The lowest BCUT2D eigenvalue weighted by molar-refractivity contribution is -0.151. The van der Waals surface area contributed by atoms with Crippen LogP contribution in [0.5, 0.6) is 0 Å². The number of ether oxygens (including phenoxy) is 1. The minimum absolute atomic E-state index is 0.175. The number of hydrogen-bond acceptors (Lipinski definition) is 3. The quantitative estimate of drug-likeness (QED) is 0.793. The number of aliphatic carboxylic acids is 1. The maximum Gasteiger partial charge on any atom is 0.329 e. The topological polar surface area (TPSA) is 70.1 Å². The van der Waals surface area contributed by atoms with E-state index in [2.05, 4.69) is 0 Å². The van der Waals surface area contributed by atoms with E-state index >= 15 is 0 Å². The molecule has 6 heteroatoms. The van der Waals surface area contributed by atoms with Crippen LogP contribution < -0.4 is 0 Å². The fourth-order valence-electron chi connectivity index (χ4n) is 3.00. The van der Waals surface area contributed by atoms with Gasteiger partial charge in [0.15, 0.2) is 0 Å². The molecule has 1 atom stereocenters. The Balaban J connectivity index is 2.16. The van der Waals surface area contributed by atoms with Gasteiger partial charge in [-0.2, -0.15) is 0 Å². The van der Waals surface area contributed by atoms with Crippen molar-refractivity contribution in [1.82, 2.24) is 9.80 Å². The number of urea groups is 1. The number of morpholine rings is 1. The number of rotatable bonds is 1. The zero-order valence-electron chi connectivity index (χ0n) is 12.5. The molecule has 2 fully saturated rings. The highest BCUT2D eigenvalue weighted by Gasteiger charge is 2.46. The summed E-state index contributed by atoms with van der Waals surface area (Å²) >= 11 is 0. The molecule has 0 bridgehead atoms. The molecule has 20 heavy (non-hydrogen) atoms. The molecular weight excluding hydrogens is 260 g/mol. The van der Waals surface area contributed by atoms with Crippen LogP contribution in [0.4, 0.5) is 4.79 Å². The zero-order valence-corrected chi connectivity index (χ0v) is 12.5. The minimum Gasteiger partial charge on any atom is -0.480 e. The number of amides is 2. The lowest BCUT2D eigenvalue weighted by Crippen LogP contribution is -2.63. The Morgan fingerprint density at radius 1 is 1.15 bits per heavy atom. The first-order chi connectivity index (χ1) is 9.26. The second-order valence-electron chi connectivity index (χ2n) is 6.50. The van der Waals surface area contributed by atoms with Crippen LogP contribution in [0, 0.1) is 0 Å². The lowest BCUT2D eigenvalue weighted by Gasteiger charge is -2.46. The fraction of sp³-hybridized carbons (Fsp3) is 0.857. The first kappa shape index (κ1) is 15.1. The summed E-state index contributed by atoms with van der Waals surface area (Å²) in [7, 11) is 0. The number of hydrogen-bond donors (Lipinski definition) is 1. The molecule has 0 aromatic carbocycles. The summed E-state index contributed by atoms with van der Waals surface area (Å²) < 4.78 is 5.60. The Kier molecular flexibility index (Phi) is 3.95. The molecule has 2 saturated heterocycles. The first-order valence-electron chi connectivity index (χ1n) is 7.20. The molecule has 2 rings (SSSR count). The van der Waals surface area contributed by atoms with Crippen LogP contribution in [-0.2, 0) is 9.53 Å². The predicted molar refractivity (Wildman–Crippen MR) is 73.6 cm³/mol. The van der Waals surface area contributed by atoms with Gasteiger partial charge in [-0.1, -0.05) is 0 Å². The van der Waals surface area contributed by atoms with Crippen molar-refractivity contribution < 1.29 is 19.4 Å². The van der Waals surface area contributed by atoms with Crippen LogP contribution in [0.1, 0.15) is 40.0 Å². The molecule has 0 spiro atoms. The van der Waals surface area contributed by atoms with Gasteiger partial charge >= 0.3 is 12.0 Å². The van der Waals surface area contributed by atoms with Gasteiger partial charge < -0.3 is 19.6 Å². The molecule has 1 N–H and O–H groups in total. The maximum atomic E-state index is 12.7. The highest BCUT2D eigenvalue weighted by atomic mass is 16.5. The number of likely N-dealkylation sites (tertiary alicyclic amines) is 1. The molecule has 2 heterocycles. The van der Waals surface area contributed by atoms with Crippen molar-refractivity contribution in [3.8, 4) is 0 Å². The largest absolute Gasteiger partial charge is 0.480 e. The number of carboxylic acid groups (broad SMARTS) is 1. The Hall–Kier alpha value is -1.30. The third-order valence-electron chi connectivity index (χ3n) is 4.28. The Morgan fingerprint density at radius 3 is 2.45 bits per heavy atom. The molecule has 6 nitrogen and oxygen atoms in total. The first-order valence-corrected chi connectivity index (χ1v) is 7.20. The monoisotopic (exact) mass is 284 g/mol. The Labute approximate surface area is 119 Å². The average molecular weight is 284 g/mol.